The van der Waals surface area contributed by atoms with Gasteiger partial charge in [-0.3, -0.25) is 0 Å². The normalized spacial score (nSPS) is 16.3. The molecule has 0 aliphatic heterocycles. The summed E-state index contributed by atoms with van der Waals surface area (Å²) in [4.78, 5) is 4.62. The number of nitrogens with zero attached hydrogens (tertiary/aromatic N) is 2. The maximum absolute atomic E-state index is 5.92. The molecular weight excluding hydrogens is 270 g/mol. The van der Waals surface area contributed by atoms with Crippen LogP contribution in [0.2, 0.25) is 5.02 Å². The Labute approximate surface area is 125 Å². The molecule has 4 heteroatoms. The third-order valence-corrected chi connectivity index (χ3v) is 4.17. The molecular formula is C16H20ClN3. The van der Waals surface area contributed by atoms with Gasteiger partial charge in [0.15, 0.2) is 0 Å². The minimum atomic E-state index is 0.583. The summed E-state index contributed by atoms with van der Waals surface area (Å²) >= 11 is 5.92. The molecule has 106 valence electrons. The number of halogens is 1. The first-order valence-corrected chi connectivity index (χ1v) is 7.68. The highest BCUT2D eigenvalue weighted by Crippen LogP contribution is 2.31. The van der Waals surface area contributed by atoms with Gasteiger partial charge in [0.05, 0.1) is 5.69 Å². The third kappa shape index (κ3) is 2.98. The maximum atomic E-state index is 5.92. The molecule has 1 aromatic heterocycles. The second kappa shape index (κ2) is 5.88. The van der Waals surface area contributed by atoms with Crippen molar-refractivity contribution in [1.82, 2.24) is 9.55 Å². The van der Waals surface area contributed by atoms with Crippen LogP contribution < -0.4 is 5.32 Å². The minimum Gasteiger partial charge on any atom is -0.326 e. The van der Waals surface area contributed by atoms with Gasteiger partial charge in [-0.15, -0.1) is 0 Å². The monoisotopic (exact) mass is 289 g/mol. The second-order valence-electron chi connectivity index (χ2n) is 5.54. The van der Waals surface area contributed by atoms with Crippen molar-refractivity contribution >= 4 is 23.2 Å². The van der Waals surface area contributed by atoms with E-state index in [1.807, 2.05) is 31.2 Å². The van der Waals surface area contributed by atoms with Crippen LogP contribution >= 0.6 is 11.6 Å². The summed E-state index contributed by atoms with van der Waals surface area (Å²) in [6.45, 7) is 2.05. The zero-order valence-corrected chi connectivity index (χ0v) is 12.5. The van der Waals surface area contributed by atoms with E-state index in [1.54, 1.807) is 0 Å². The van der Waals surface area contributed by atoms with Crippen LogP contribution in [0.25, 0.3) is 0 Å². The van der Waals surface area contributed by atoms with Gasteiger partial charge in [-0.1, -0.05) is 30.9 Å². The predicted octanol–water partition coefficient (Wildman–Crippen LogP) is 5.09. The Bertz CT molecular complexity index is 568. The Kier molecular flexibility index (Phi) is 3.97. The number of imidazole rings is 1. The molecule has 1 aromatic carbocycles. The highest BCUT2D eigenvalue weighted by Gasteiger charge is 2.18. The number of benzene rings is 1. The average Bonchev–Trinajstić information content (AvgIpc) is 2.83. The van der Waals surface area contributed by atoms with Crippen molar-refractivity contribution in [1.29, 1.82) is 0 Å². The average molecular weight is 290 g/mol. The molecule has 20 heavy (non-hydrogen) atoms. The number of hydrogen-bond donors (Lipinski definition) is 1. The van der Waals surface area contributed by atoms with E-state index >= 15 is 0 Å². The zero-order valence-electron chi connectivity index (χ0n) is 11.8. The number of nitrogens with one attached hydrogen (secondary N) is 1. The molecule has 1 N–H and O–H groups in total. The van der Waals surface area contributed by atoms with Crippen LogP contribution in [0.3, 0.4) is 0 Å². The largest absolute Gasteiger partial charge is 0.326 e. The highest BCUT2D eigenvalue weighted by atomic mass is 35.5. The molecule has 0 bridgehead atoms. The molecule has 0 amide bonds. The summed E-state index contributed by atoms with van der Waals surface area (Å²) in [6.07, 6.45) is 8.68. The van der Waals surface area contributed by atoms with Gasteiger partial charge in [-0.05, 0) is 44.0 Å². The van der Waals surface area contributed by atoms with Crippen molar-refractivity contribution < 1.29 is 0 Å². The van der Waals surface area contributed by atoms with Crippen molar-refractivity contribution in [3.8, 4) is 0 Å². The lowest BCUT2D eigenvalue weighted by Crippen LogP contribution is -2.14. The van der Waals surface area contributed by atoms with Crippen molar-refractivity contribution in [2.24, 2.45) is 0 Å². The molecule has 3 rings (SSSR count). The smallest absolute Gasteiger partial charge is 0.207 e. The molecule has 0 radical (unpaired) electrons. The molecule has 1 aliphatic carbocycles. The van der Waals surface area contributed by atoms with E-state index in [0.29, 0.717) is 6.04 Å². The first-order chi connectivity index (χ1) is 9.72. The van der Waals surface area contributed by atoms with Crippen LogP contribution in [-0.4, -0.2) is 9.55 Å². The minimum absolute atomic E-state index is 0.583. The van der Waals surface area contributed by atoms with E-state index in [0.717, 1.165) is 22.4 Å². The summed E-state index contributed by atoms with van der Waals surface area (Å²) in [7, 11) is 0. The number of rotatable bonds is 3. The van der Waals surface area contributed by atoms with Gasteiger partial charge in [0.1, 0.15) is 0 Å². The zero-order chi connectivity index (χ0) is 13.9. The van der Waals surface area contributed by atoms with Gasteiger partial charge >= 0.3 is 0 Å². The van der Waals surface area contributed by atoms with Gasteiger partial charge in [-0.25, -0.2) is 4.98 Å². The predicted molar refractivity (Wildman–Crippen MR) is 83.8 cm³/mol. The standard InChI is InChI=1S/C16H20ClN3/c1-12-11-20(15-5-3-2-4-6-15)16(18-12)19-14-9-7-13(17)8-10-14/h7-11,15H,2-6H2,1H3,(H,18,19). The van der Waals surface area contributed by atoms with E-state index in [1.165, 1.54) is 32.1 Å². The third-order valence-electron chi connectivity index (χ3n) is 3.92. The molecule has 3 nitrogen and oxygen atoms in total. The molecule has 0 unspecified atom stereocenters. The van der Waals surface area contributed by atoms with Gasteiger partial charge in [0.25, 0.3) is 0 Å². The van der Waals surface area contributed by atoms with E-state index in [2.05, 4.69) is 21.1 Å². The van der Waals surface area contributed by atoms with Crippen molar-refractivity contribution in [3.63, 3.8) is 0 Å². The fourth-order valence-corrected chi connectivity index (χ4v) is 3.03. The molecule has 1 fully saturated rings. The molecule has 0 atom stereocenters. The summed E-state index contributed by atoms with van der Waals surface area (Å²) in [5.74, 6) is 0.941. The lowest BCUT2D eigenvalue weighted by atomic mass is 9.95. The fourth-order valence-electron chi connectivity index (χ4n) is 2.91. The summed E-state index contributed by atoms with van der Waals surface area (Å²) in [5, 5.41) is 4.16. The Hall–Kier alpha value is -1.48. The summed E-state index contributed by atoms with van der Waals surface area (Å²) in [5.41, 5.74) is 2.09. The van der Waals surface area contributed by atoms with Crippen LogP contribution in [0.15, 0.2) is 30.5 Å². The van der Waals surface area contributed by atoms with Crippen LogP contribution in [0.1, 0.15) is 43.8 Å². The Morgan fingerprint density at radius 3 is 2.55 bits per heavy atom. The lowest BCUT2D eigenvalue weighted by Gasteiger charge is -2.24. The molecule has 1 aliphatic rings. The van der Waals surface area contributed by atoms with E-state index in [9.17, 15) is 0 Å². The number of hydrogen-bond acceptors (Lipinski definition) is 2. The van der Waals surface area contributed by atoms with Crippen molar-refractivity contribution in [2.45, 2.75) is 45.1 Å². The Morgan fingerprint density at radius 2 is 1.85 bits per heavy atom. The highest BCUT2D eigenvalue weighted by molar-refractivity contribution is 6.30. The van der Waals surface area contributed by atoms with Gasteiger partial charge in [-0.2, -0.15) is 0 Å². The van der Waals surface area contributed by atoms with Crippen molar-refractivity contribution in [2.75, 3.05) is 5.32 Å². The molecule has 1 saturated carbocycles. The quantitative estimate of drug-likeness (QED) is 0.852. The summed E-state index contributed by atoms with van der Waals surface area (Å²) in [6, 6.07) is 8.34. The number of anilines is 2. The van der Waals surface area contributed by atoms with Gasteiger partial charge in [0.2, 0.25) is 5.95 Å². The second-order valence-corrected chi connectivity index (χ2v) is 5.97. The molecule has 0 spiro atoms. The van der Waals surface area contributed by atoms with Crippen LogP contribution in [0, 0.1) is 6.92 Å². The van der Waals surface area contributed by atoms with E-state index in [-0.39, 0.29) is 0 Å². The molecule has 1 heterocycles. The first kappa shape index (κ1) is 13.5. The Morgan fingerprint density at radius 1 is 1.15 bits per heavy atom. The Balaban J connectivity index is 1.83. The lowest BCUT2D eigenvalue weighted by molar-refractivity contribution is 0.356. The maximum Gasteiger partial charge on any atom is 0.207 e. The number of aryl methyl sites for hydroxylation is 1. The SMILES string of the molecule is Cc1cn(C2CCCCC2)c(Nc2ccc(Cl)cc2)n1. The topological polar surface area (TPSA) is 29.9 Å². The van der Waals surface area contributed by atoms with Crippen molar-refractivity contribution in [3.05, 3.63) is 41.2 Å². The van der Waals surface area contributed by atoms with E-state index < -0.39 is 0 Å². The van der Waals surface area contributed by atoms with E-state index in [4.69, 9.17) is 11.6 Å². The summed E-state index contributed by atoms with van der Waals surface area (Å²) < 4.78 is 2.31. The van der Waals surface area contributed by atoms with Crippen LogP contribution in [0.4, 0.5) is 11.6 Å². The van der Waals surface area contributed by atoms with Gasteiger partial charge < -0.3 is 9.88 Å². The van der Waals surface area contributed by atoms with Gasteiger partial charge in [0, 0.05) is 22.9 Å². The number of aromatic nitrogens is 2. The molecule has 0 saturated heterocycles. The molecule has 2 aromatic rings. The first-order valence-electron chi connectivity index (χ1n) is 7.30. The van der Waals surface area contributed by atoms with Crippen LogP contribution in [-0.2, 0) is 0 Å². The fraction of sp³-hybridized carbons (Fsp3) is 0.438. The van der Waals surface area contributed by atoms with Crippen LogP contribution in [0.5, 0.6) is 0 Å².